The lowest BCUT2D eigenvalue weighted by molar-refractivity contribution is 0.170. The molecule has 0 fully saturated rings. The van der Waals surface area contributed by atoms with Crippen molar-refractivity contribution in [1.82, 2.24) is 9.91 Å². The zero-order chi connectivity index (χ0) is 16.1. The van der Waals surface area contributed by atoms with Crippen molar-refractivity contribution < 1.29 is 4.74 Å². The Bertz CT molecular complexity index is 507. The van der Waals surface area contributed by atoms with Gasteiger partial charge in [-0.2, -0.15) is 5.10 Å². The van der Waals surface area contributed by atoms with Crippen LogP contribution in [0.1, 0.15) is 12.5 Å². The van der Waals surface area contributed by atoms with E-state index in [1.807, 2.05) is 24.2 Å². The smallest absolute Gasteiger partial charge is 0.118 e. The van der Waals surface area contributed by atoms with Crippen molar-refractivity contribution in [2.45, 2.75) is 24.9 Å². The van der Waals surface area contributed by atoms with Crippen molar-refractivity contribution >= 4 is 28.9 Å². The van der Waals surface area contributed by atoms with Crippen LogP contribution < -0.4 is 4.74 Å². The van der Waals surface area contributed by atoms with Gasteiger partial charge in [0, 0.05) is 32.7 Å². The summed E-state index contributed by atoms with van der Waals surface area (Å²) in [6.07, 6.45) is 0. The monoisotopic (exact) mass is 343 g/mol. The maximum absolute atomic E-state index is 6.58. The summed E-state index contributed by atoms with van der Waals surface area (Å²) in [5.41, 5.74) is 2.07. The van der Waals surface area contributed by atoms with Crippen LogP contribution >= 0.6 is 23.2 Å². The van der Waals surface area contributed by atoms with E-state index in [9.17, 15) is 0 Å². The minimum absolute atomic E-state index is 0.176. The number of hydrazone groups is 1. The van der Waals surface area contributed by atoms with Crippen molar-refractivity contribution in [1.29, 1.82) is 0 Å². The number of hydrogen-bond acceptors (Lipinski definition) is 4. The Balaban J connectivity index is 2.13. The second-order valence-electron chi connectivity index (χ2n) is 5.57. The molecule has 0 aliphatic carbocycles. The maximum Gasteiger partial charge on any atom is 0.118 e. The third-order valence-corrected chi connectivity index (χ3v) is 4.90. The van der Waals surface area contributed by atoms with Gasteiger partial charge in [0.25, 0.3) is 0 Å². The molecule has 1 aliphatic heterocycles. The van der Waals surface area contributed by atoms with Gasteiger partial charge in [0.2, 0.25) is 0 Å². The Hall–Kier alpha value is -0.970. The molecule has 6 heteroatoms. The fraction of sp³-hybridized carbons (Fsp3) is 0.562. The summed E-state index contributed by atoms with van der Waals surface area (Å²) in [7, 11) is 3.63. The predicted octanol–water partition coefficient (Wildman–Crippen LogP) is 3.03. The number of rotatable bonds is 4. The Morgan fingerprint density at radius 1 is 1.27 bits per heavy atom. The predicted molar refractivity (Wildman–Crippen MR) is 93.3 cm³/mol. The van der Waals surface area contributed by atoms with Crippen LogP contribution in [0.15, 0.2) is 29.4 Å². The number of ether oxygens (including phenoxy) is 1. The van der Waals surface area contributed by atoms with Gasteiger partial charge < -0.3 is 4.74 Å². The summed E-state index contributed by atoms with van der Waals surface area (Å²) in [4.78, 5) is 2.37. The zero-order valence-electron chi connectivity index (χ0n) is 13.3. The van der Waals surface area contributed by atoms with Crippen molar-refractivity contribution in [3.05, 3.63) is 29.8 Å². The number of methoxy groups -OCH3 is 1. The van der Waals surface area contributed by atoms with Gasteiger partial charge in [-0.3, -0.25) is 9.91 Å². The summed E-state index contributed by atoms with van der Waals surface area (Å²) in [5.74, 6) is 1.23. The molecule has 0 bridgehead atoms. The Labute approximate surface area is 142 Å². The van der Waals surface area contributed by atoms with Crippen molar-refractivity contribution in [2.24, 2.45) is 5.10 Å². The van der Waals surface area contributed by atoms with Gasteiger partial charge in [-0.15, -0.1) is 23.2 Å². The largest absolute Gasteiger partial charge is 0.497 e. The summed E-state index contributed by atoms with van der Waals surface area (Å²) in [6.45, 7) is 4.74. The molecule has 0 spiro atoms. The highest BCUT2D eigenvalue weighted by molar-refractivity contribution is 6.39. The highest BCUT2D eigenvalue weighted by Gasteiger charge is 2.28. The van der Waals surface area contributed by atoms with E-state index in [0.29, 0.717) is 5.88 Å². The number of likely N-dealkylation sites (N-methyl/N-ethyl adjacent to an activating group) is 1. The van der Waals surface area contributed by atoms with E-state index in [4.69, 9.17) is 27.9 Å². The minimum atomic E-state index is -0.182. The number of halogens is 2. The number of nitrogens with zero attached hydrogens (tertiary/aromatic N) is 3. The Morgan fingerprint density at radius 2 is 1.95 bits per heavy atom. The van der Waals surface area contributed by atoms with Crippen LogP contribution in [0.3, 0.4) is 0 Å². The summed E-state index contributed by atoms with van der Waals surface area (Å²) in [5, 5.41) is 6.23. The standard InChI is InChI=1S/C16H23Cl2N3O/c1-12-16(18)15(10-17)19-20(2)8-9-21(12)11-13-4-6-14(22-3)7-5-13/h4-7,12,16H,8-11H2,1-3H3/b19-15-/t12-,16?/m1/s1. The summed E-state index contributed by atoms with van der Waals surface area (Å²) in [6, 6.07) is 8.33. The molecule has 4 nitrogen and oxygen atoms in total. The molecule has 122 valence electrons. The third-order valence-electron chi connectivity index (χ3n) is 4.01. The van der Waals surface area contributed by atoms with Crippen molar-refractivity contribution in [3.8, 4) is 5.75 Å². The van der Waals surface area contributed by atoms with E-state index in [1.54, 1.807) is 7.11 Å². The van der Waals surface area contributed by atoms with Gasteiger partial charge >= 0.3 is 0 Å². The lowest BCUT2D eigenvalue weighted by Crippen LogP contribution is -2.47. The SMILES string of the molecule is COc1ccc(CN2CCN(C)/N=C(/CCl)C(Cl)[C@H]2C)cc1. The first-order valence-electron chi connectivity index (χ1n) is 7.40. The lowest BCUT2D eigenvalue weighted by atomic mass is 10.1. The third kappa shape index (κ3) is 4.28. The lowest BCUT2D eigenvalue weighted by Gasteiger charge is -2.36. The molecule has 1 aromatic carbocycles. The van der Waals surface area contributed by atoms with E-state index in [2.05, 4.69) is 29.1 Å². The maximum atomic E-state index is 6.58. The molecule has 1 aromatic rings. The molecular weight excluding hydrogens is 321 g/mol. The summed E-state index contributed by atoms with van der Waals surface area (Å²) >= 11 is 12.6. The van der Waals surface area contributed by atoms with Crippen LogP contribution in [0, 0.1) is 0 Å². The number of alkyl halides is 2. The molecule has 0 amide bonds. The topological polar surface area (TPSA) is 28.1 Å². The molecule has 22 heavy (non-hydrogen) atoms. The zero-order valence-corrected chi connectivity index (χ0v) is 14.8. The molecular formula is C16H23Cl2N3O. The Kier molecular flexibility index (Phi) is 6.36. The fourth-order valence-corrected chi connectivity index (χ4v) is 3.13. The molecule has 0 radical (unpaired) electrons. The number of benzene rings is 1. The van der Waals surface area contributed by atoms with E-state index in [-0.39, 0.29) is 11.4 Å². The molecule has 1 unspecified atom stereocenters. The van der Waals surface area contributed by atoms with Crippen molar-refractivity contribution in [2.75, 3.05) is 33.1 Å². The second kappa shape index (κ2) is 8.04. The van der Waals surface area contributed by atoms with Gasteiger partial charge in [0.15, 0.2) is 0 Å². The van der Waals surface area contributed by atoms with Crippen molar-refractivity contribution in [3.63, 3.8) is 0 Å². The first-order valence-corrected chi connectivity index (χ1v) is 8.37. The van der Waals surface area contributed by atoms with Gasteiger partial charge in [-0.1, -0.05) is 12.1 Å². The van der Waals surface area contributed by atoms with Gasteiger partial charge in [-0.05, 0) is 24.6 Å². The molecule has 0 N–H and O–H groups in total. The van der Waals surface area contributed by atoms with E-state index >= 15 is 0 Å². The average Bonchev–Trinajstić information content (AvgIpc) is 2.54. The first-order chi connectivity index (χ1) is 10.5. The molecule has 0 saturated carbocycles. The summed E-state index contributed by atoms with van der Waals surface area (Å²) < 4.78 is 5.20. The number of hydrogen-bond donors (Lipinski definition) is 0. The van der Waals surface area contributed by atoms with E-state index in [1.165, 1.54) is 5.56 Å². The van der Waals surface area contributed by atoms with Gasteiger partial charge in [0.1, 0.15) is 5.75 Å². The Morgan fingerprint density at radius 3 is 2.55 bits per heavy atom. The minimum Gasteiger partial charge on any atom is -0.497 e. The average molecular weight is 344 g/mol. The van der Waals surface area contributed by atoms with Crippen LogP contribution in [0.25, 0.3) is 0 Å². The first kappa shape index (κ1) is 17.4. The van der Waals surface area contributed by atoms with Crippen LogP contribution in [0.4, 0.5) is 0 Å². The van der Waals surface area contributed by atoms with E-state index in [0.717, 1.165) is 31.1 Å². The van der Waals surface area contributed by atoms with Gasteiger partial charge in [0.05, 0.1) is 24.1 Å². The second-order valence-corrected chi connectivity index (χ2v) is 6.30. The van der Waals surface area contributed by atoms with Crippen LogP contribution in [0.2, 0.25) is 0 Å². The molecule has 1 aliphatic rings. The van der Waals surface area contributed by atoms with E-state index < -0.39 is 0 Å². The molecule has 1 heterocycles. The normalized spacial score (nSPS) is 26.0. The quantitative estimate of drug-likeness (QED) is 0.786. The van der Waals surface area contributed by atoms with Crippen LogP contribution in [0.5, 0.6) is 5.75 Å². The van der Waals surface area contributed by atoms with Gasteiger partial charge in [-0.25, -0.2) is 0 Å². The highest BCUT2D eigenvalue weighted by atomic mass is 35.5. The highest BCUT2D eigenvalue weighted by Crippen LogP contribution is 2.20. The molecule has 0 aromatic heterocycles. The fourth-order valence-electron chi connectivity index (χ4n) is 2.55. The molecule has 2 rings (SSSR count). The molecule has 2 atom stereocenters. The van der Waals surface area contributed by atoms with Crippen LogP contribution in [-0.4, -0.2) is 60.2 Å². The van der Waals surface area contributed by atoms with Crippen LogP contribution in [-0.2, 0) is 6.54 Å². The molecule has 0 saturated heterocycles.